The largest absolute Gasteiger partial charge is 0.497 e. The highest BCUT2D eigenvalue weighted by molar-refractivity contribution is 7.16. The van der Waals surface area contributed by atoms with E-state index in [2.05, 4.69) is 4.99 Å². The van der Waals surface area contributed by atoms with Gasteiger partial charge in [-0.1, -0.05) is 11.3 Å². The molecule has 0 saturated heterocycles. The fraction of sp³-hybridized carbons (Fsp3) is 0.222. The van der Waals surface area contributed by atoms with Crippen molar-refractivity contribution in [3.63, 3.8) is 0 Å². The Labute approximate surface area is 148 Å². The molecule has 0 N–H and O–H groups in total. The summed E-state index contributed by atoms with van der Waals surface area (Å²) in [5, 5.41) is 0. The summed E-state index contributed by atoms with van der Waals surface area (Å²) in [6.07, 6.45) is 0. The van der Waals surface area contributed by atoms with E-state index in [1.807, 2.05) is 11.5 Å². The van der Waals surface area contributed by atoms with Gasteiger partial charge in [0.2, 0.25) is 0 Å². The molecule has 0 spiro atoms. The first-order valence-electron chi connectivity index (χ1n) is 7.67. The van der Waals surface area contributed by atoms with Crippen molar-refractivity contribution < 1.29 is 18.7 Å². The topological polar surface area (TPSA) is 52.8 Å². The van der Waals surface area contributed by atoms with Crippen molar-refractivity contribution >= 4 is 27.5 Å². The smallest absolute Gasteiger partial charge is 0.283 e. The van der Waals surface area contributed by atoms with Crippen molar-refractivity contribution in [2.45, 2.75) is 13.5 Å². The molecular formula is C18H17FN2O3S. The van der Waals surface area contributed by atoms with Crippen molar-refractivity contribution in [1.82, 2.24) is 4.57 Å². The summed E-state index contributed by atoms with van der Waals surface area (Å²) < 4.78 is 26.5. The number of fused-ring (bicyclic) bond motifs is 1. The lowest BCUT2D eigenvalue weighted by atomic mass is 10.2. The van der Waals surface area contributed by atoms with Crippen LogP contribution < -0.4 is 14.3 Å². The molecule has 0 aliphatic heterocycles. The second-order valence-corrected chi connectivity index (χ2v) is 6.23. The third-order valence-electron chi connectivity index (χ3n) is 3.80. The van der Waals surface area contributed by atoms with Crippen molar-refractivity contribution in [2.24, 2.45) is 4.99 Å². The number of rotatable bonds is 4. The van der Waals surface area contributed by atoms with Crippen LogP contribution in [-0.4, -0.2) is 24.7 Å². The summed E-state index contributed by atoms with van der Waals surface area (Å²) in [4.78, 5) is 17.4. The van der Waals surface area contributed by atoms with Crippen LogP contribution in [0.1, 0.15) is 17.3 Å². The maximum Gasteiger partial charge on any atom is 0.283 e. The molecule has 0 radical (unpaired) electrons. The van der Waals surface area contributed by atoms with Gasteiger partial charge in [0.05, 0.1) is 30.0 Å². The highest BCUT2D eigenvalue weighted by atomic mass is 32.1. The van der Waals surface area contributed by atoms with Crippen LogP contribution in [0.4, 0.5) is 4.39 Å². The third-order valence-corrected chi connectivity index (χ3v) is 4.84. The first kappa shape index (κ1) is 17.2. The molecule has 5 nitrogen and oxygen atoms in total. The van der Waals surface area contributed by atoms with E-state index >= 15 is 0 Å². The summed E-state index contributed by atoms with van der Waals surface area (Å²) in [5.74, 6) is 0.209. The molecule has 1 aromatic heterocycles. The lowest BCUT2D eigenvalue weighted by Crippen LogP contribution is -2.16. The summed E-state index contributed by atoms with van der Waals surface area (Å²) >= 11 is 1.27. The minimum atomic E-state index is -0.440. The molecular weight excluding hydrogens is 343 g/mol. The molecule has 0 unspecified atom stereocenters. The summed E-state index contributed by atoms with van der Waals surface area (Å²) in [6, 6.07) is 9.51. The van der Waals surface area contributed by atoms with Gasteiger partial charge in [-0.15, -0.1) is 0 Å². The molecule has 3 aromatic rings. The lowest BCUT2D eigenvalue weighted by Gasteiger charge is -2.07. The van der Waals surface area contributed by atoms with Gasteiger partial charge in [-0.05, 0) is 43.3 Å². The monoisotopic (exact) mass is 360 g/mol. The number of nitrogens with zero attached hydrogens (tertiary/aromatic N) is 2. The van der Waals surface area contributed by atoms with E-state index in [-0.39, 0.29) is 5.82 Å². The Morgan fingerprint density at radius 2 is 2.00 bits per heavy atom. The van der Waals surface area contributed by atoms with Gasteiger partial charge in [0, 0.05) is 6.54 Å². The average Bonchev–Trinajstić information content (AvgIpc) is 2.96. The van der Waals surface area contributed by atoms with Gasteiger partial charge in [0.15, 0.2) is 4.80 Å². The molecule has 0 atom stereocenters. The highest BCUT2D eigenvalue weighted by Gasteiger charge is 2.14. The maximum absolute atomic E-state index is 13.5. The number of benzene rings is 2. The fourth-order valence-electron chi connectivity index (χ4n) is 2.57. The number of aromatic nitrogens is 1. The highest BCUT2D eigenvalue weighted by Crippen LogP contribution is 2.25. The second kappa shape index (κ2) is 7.06. The van der Waals surface area contributed by atoms with Gasteiger partial charge in [-0.25, -0.2) is 4.39 Å². The molecule has 25 heavy (non-hydrogen) atoms. The third kappa shape index (κ3) is 3.28. The number of aryl methyl sites for hydroxylation is 1. The molecule has 0 aliphatic carbocycles. The molecule has 2 aromatic carbocycles. The lowest BCUT2D eigenvalue weighted by molar-refractivity contribution is 0.0994. The Morgan fingerprint density at radius 3 is 2.68 bits per heavy atom. The molecule has 7 heteroatoms. The Hall–Kier alpha value is -2.67. The number of carbonyl (C=O) groups is 1. The van der Waals surface area contributed by atoms with Crippen molar-refractivity contribution in [1.29, 1.82) is 0 Å². The normalized spacial score (nSPS) is 11.8. The number of thiazole rings is 1. The fourth-order valence-corrected chi connectivity index (χ4v) is 3.68. The Kier molecular flexibility index (Phi) is 4.85. The quantitative estimate of drug-likeness (QED) is 0.714. The second-order valence-electron chi connectivity index (χ2n) is 5.22. The molecule has 1 heterocycles. The predicted molar refractivity (Wildman–Crippen MR) is 94.9 cm³/mol. The van der Waals surface area contributed by atoms with Crippen molar-refractivity contribution in [3.05, 3.63) is 52.6 Å². The van der Waals surface area contributed by atoms with Crippen LogP contribution in [0.2, 0.25) is 0 Å². The number of hydrogen-bond donors (Lipinski definition) is 0. The first-order chi connectivity index (χ1) is 12.1. The molecule has 0 fully saturated rings. The summed E-state index contributed by atoms with van der Waals surface area (Å²) in [7, 11) is 3.02. The van der Waals surface area contributed by atoms with E-state index in [1.54, 1.807) is 24.3 Å². The molecule has 0 aliphatic rings. The zero-order valence-corrected chi connectivity index (χ0v) is 14.9. The molecule has 0 bridgehead atoms. The Morgan fingerprint density at radius 1 is 1.20 bits per heavy atom. The van der Waals surface area contributed by atoms with Gasteiger partial charge in [-0.3, -0.25) is 4.79 Å². The van der Waals surface area contributed by atoms with Gasteiger partial charge in [0.25, 0.3) is 5.91 Å². The number of hydrogen-bond acceptors (Lipinski definition) is 4. The van der Waals surface area contributed by atoms with E-state index in [4.69, 9.17) is 9.47 Å². The zero-order valence-electron chi connectivity index (χ0n) is 14.1. The van der Waals surface area contributed by atoms with Crippen LogP contribution in [-0.2, 0) is 6.54 Å². The minimum Gasteiger partial charge on any atom is -0.497 e. The van der Waals surface area contributed by atoms with Crippen molar-refractivity contribution in [2.75, 3.05) is 14.2 Å². The maximum atomic E-state index is 13.5. The number of halogens is 1. The van der Waals surface area contributed by atoms with Crippen LogP contribution >= 0.6 is 11.3 Å². The summed E-state index contributed by atoms with van der Waals surface area (Å²) in [5.41, 5.74) is 1.16. The zero-order chi connectivity index (χ0) is 18.0. The van der Waals surface area contributed by atoms with Crippen LogP contribution in [0.3, 0.4) is 0 Å². The minimum absolute atomic E-state index is 0.313. The van der Waals surface area contributed by atoms with Gasteiger partial charge < -0.3 is 14.0 Å². The summed E-state index contributed by atoms with van der Waals surface area (Å²) in [6.45, 7) is 2.57. The molecule has 130 valence electrons. The van der Waals surface area contributed by atoms with Crippen LogP contribution in [0.15, 0.2) is 41.4 Å². The Balaban J connectivity index is 2.15. The molecule has 1 amide bonds. The number of amides is 1. The molecule has 0 saturated carbocycles. The standard InChI is InChI=1S/C18H17FN2O3S/c1-4-21-14-7-5-11(19)9-16(14)25-18(21)20-17(22)13-10-12(23-2)6-8-15(13)24-3/h5-10H,4H2,1-3H3. The van der Waals surface area contributed by atoms with Crippen LogP contribution in [0.25, 0.3) is 10.2 Å². The van der Waals surface area contributed by atoms with Crippen LogP contribution in [0, 0.1) is 5.82 Å². The number of carbonyl (C=O) groups excluding carboxylic acids is 1. The predicted octanol–water partition coefficient (Wildman–Crippen LogP) is 3.62. The first-order valence-corrected chi connectivity index (χ1v) is 8.49. The van der Waals surface area contributed by atoms with Crippen LogP contribution in [0.5, 0.6) is 11.5 Å². The van der Waals surface area contributed by atoms with Crippen molar-refractivity contribution in [3.8, 4) is 11.5 Å². The van der Waals surface area contributed by atoms with E-state index in [9.17, 15) is 9.18 Å². The van der Waals surface area contributed by atoms with E-state index < -0.39 is 5.91 Å². The van der Waals surface area contributed by atoms with E-state index in [0.29, 0.717) is 28.4 Å². The molecule has 3 rings (SSSR count). The Bertz CT molecular complexity index is 1010. The number of methoxy groups -OCH3 is 2. The van der Waals surface area contributed by atoms with E-state index in [0.717, 1.165) is 10.2 Å². The van der Waals surface area contributed by atoms with Gasteiger partial charge in [0.1, 0.15) is 17.3 Å². The van der Waals surface area contributed by atoms with E-state index in [1.165, 1.54) is 37.7 Å². The SMILES string of the molecule is CCn1c(=NC(=O)c2cc(OC)ccc2OC)sc2cc(F)ccc21. The van der Waals surface area contributed by atoms with Gasteiger partial charge >= 0.3 is 0 Å². The average molecular weight is 360 g/mol. The number of ether oxygens (including phenoxy) is 2. The van der Waals surface area contributed by atoms with Gasteiger partial charge in [-0.2, -0.15) is 4.99 Å².